The van der Waals surface area contributed by atoms with E-state index in [1.165, 1.54) is 4.90 Å². The molecule has 0 radical (unpaired) electrons. The van der Waals surface area contributed by atoms with E-state index in [1.807, 2.05) is 30.5 Å². The van der Waals surface area contributed by atoms with Gasteiger partial charge in [0.25, 0.3) is 0 Å². The van der Waals surface area contributed by atoms with Crippen LogP contribution in [0, 0.1) is 11.3 Å². The van der Waals surface area contributed by atoms with Crippen LogP contribution in [-0.4, -0.2) is 17.2 Å². The van der Waals surface area contributed by atoms with Crippen LogP contribution in [0.15, 0.2) is 29.2 Å². The molecule has 0 aliphatic heterocycles. The molecule has 1 amide bonds. The number of nitrogens with two attached hydrogens (primary N) is 1. The minimum absolute atomic E-state index is 0.0741. The van der Waals surface area contributed by atoms with Crippen molar-refractivity contribution in [3.8, 4) is 0 Å². The Labute approximate surface area is 123 Å². The molecule has 1 fully saturated rings. The Balaban J connectivity index is 2.09. The van der Waals surface area contributed by atoms with E-state index in [0.717, 1.165) is 18.5 Å². The van der Waals surface area contributed by atoms with E-state index >= 15 is 0 Å². The van der Waals surface area contributed by atoms with Gasteiger partial charge in [-0.2, -0.15) is 0 Å². The summed E-state index contributed by atoms with van der Waals surface area (Å²) in [5.74, 6) is 0.432. The van der Waals surface area contributed by atoms with Gasteiger partial charge in [-0.1, -0.05) is 19.1 Å². The summed E-state index contributed by atoms with van der Waals surface area (Å²) in [6, 6.07) is 7.77. The molecule has 1 saturated carbocycles. The number of nitrogens with one attached hydrogen (secondary N) is 1. The first kappa shape index (κ1) is 14.3. The summed E-state index contributed by atoms with van der Waals surface area (Å²) >= 11 is 6.75. The number of thiocarbonyl (C=S) groups is 1. The average Bonchev–Trinajstić information content (AvgIpc) is 2.35. The Bertz CT molecular complexity index is 493. The van der Waals surface area contributed by atoms with E-state index in [2.05, 4.69) is 12.2 Å². The van der Waals surface area contributed by atoms with Crippen molar-refractivity contribution in [2.24, 2.45) is 17.1 Å². The van der Waals surface area contributed by atoms with E-state index in [1.54, 1.807) is 11.8 Å². The standard InChI is InChI=1S/C14H18N2OS2/c1-9-7-14(8-9,12(15)18)13(17)16-10-3-5-11(19-2)6-4-10/h3-6,9H,7-8H2,1-2H3,(H2,15,18)(H,16,17). The smallest absolute Gasteiger partial charge is 0.237 e. The lowest BCUT2D eigenvalue weighted by Crippen LogP contribution is -2.53. The summed E-state index contributed by atoms with van der Waals surface area (Å²) < 4.78 is 0. The number of carbonyl (C=O) groups is 1. The number of rotatable bonds is 4. The number of anilines is 1. The molecule has 1 aromatic rings. The highest BCUT2D eigenvalue weighted by atomic mass is 32.2. The van der Waals surface area contributed by atoms with Gasteiger partial charge in [0, 0.05) is 10.6 Å². The van der Waals surface area contributed by atoms with Crippen LogP contribution in [0.2, 0.25) is 0 Å². The first-order valence-electron chi connectivity index (χ1n) is 6.23. The van der Waals surface area contributed by atoms with Crippen LogP contribution in [0.1, 0.15) is 19.8 Å². The van der Waals surface area contributed by atoms with Crippen LogP contribution in [0.3, 0.4) is 0 Å². The fraction of sp³-hybridized carbons (Fsp3) is 0.429. The molecule has 0 unspecified atom stereocenters. The summed E-state index contributed by atoms with van der Waals surface area (Å²) in [6.07, 6.45) is 3.51. The molecule has 5 heteroatoms. The monoisotopic (exact) mass is 294 g/mol. The number of carbonyl (C=O) groups excluding carboxylic acids is 1. The molecule has 19 heavy (non-hydrogen) atoms. The van der Waals surface area contributed by atoms with E-state index < -0.39 is 5.41 Å². The predicted molar refractivity (Wildman–Crippen MR) is 84.5 cm³/mol. The van der Waals surface area contributed by atoms with Crippen LogP contribution in [0.25, 0.3) is 0 Å². The van der Waals surface area contributed by atoms with E-state index in [9.17, 15) is 4.79 Å². The molecule has 102 valence electrons. The van der Waals surface area contributed by atoms with Gasteiger partial charge in [0.05, 0.1) is 10.4 Å². The number of hydrogen-bond donors (Lipinski definition) is 2. The molecule has 0 saturated heterocycles. The van der Waals surface area contributed by atoms with Gasteiger partial charge in [0.2, 0.25) is 5.91 Å². The maximum atomic E-state index is 12.4. The first-order chi connectivity index (χ1) is 8.98. The van der Waals surface area contributed by atoms with Gasteiger partial charge < -0.3 is 11.1 Å². The summed E-state index contributed by atoms with van der Waals surface area (Å²) in [7, 11) is 0. The molecule has 0 atom stereocenters. The van der Waals surface area contributed by atoms with E-state index in [4.69, 9.17) is 18.0 Å². The van der Waals surface area contributed by atoms with Crippen molar-refractivity contribution in [3.63, 3.8) is 0 Å². The van der Waals surface area contributed by atoms with E-state index in [-0.39, 0.29) is 5.91 Å². The third kappa shape index (κ3) is 2.77. The molecule has 0 heterocycles. The van der Waals surface area contributed by atoms with Gasteiger partial charge in [-0.3, -0.25) is 4.79 Å². The maximum Gasteiger partial charge on any atom is 0.237 e. The third-order valence-electron chi connectivity index (χ3n) is 3.65. The molecule has 1 aliphatic carbocycles. The second kappa shape index (κ2) is 5.51. The largest absolute Gasteiger partial charge is 0.392 e. The normalized spacial score (nSPS) is 25.5. The van der Waals surface area contributed by atoms with Crippen molar-refractivity contribution in [2.75, 3.05) is 11.6 Å². The van der Waals surface area contributed by atoms with Crippen molar-refractivity contribution in [2.45, 2.75) is 24.7 Å². The summed E-state index contributed by atoms with van der Waals surface area (Å²) in [6.45, 7) is 2.11. The lowest BCUT2D eigenvalue weighted by atomic mass is 9.62. The zero-order valence-corrected chi connectivity index (χ0v) is 12.7. The lowest BCUT2D eigenvalue weighted by Gasteiger charge is -2.44. The zero-order chi connectivity index (χ0) is 14.0. The average molecular weight is 294 g/mol. The molecule has 0 aromatic heterocycles. The molecule has 3 nitrogen and oxygen atoms in total. The zero-order valence-electron chi connectivity index (χ0n) is 11.1. The molecular weight excluding hydrogens is 276 g/mol. The fourth-order valence-electron chi connectivity index (χ4n) is 2.55. The van der Waals surface area contributed by atoms with Gasteiger partial charge in [-0.15, -0.1) is 11.8 Å². The van der Waals surface area contributed by atoms with Gasteiger partial charge in [-0.05, 0) is 49.3 Å². The van der Waals surface area contributed by atoms with Crippen LogP contribution < -0.4 is 11.1 Å². The highest BCUT2D eigenvalue weighted by Gasteiger charge is 2.50. The Kier molecular flexibility index (Phi) is 4.16. The van der Waals surface area contributed by atoms with Gasteiger partial charge in [0.1, 0.15) is 0 Å². The van der Waals surface area contributed by atoms with Gasteiger partial charge in [0.15, 0.2) is 0 Å². The SMILES string of the molecule is CSc1ccc(NC(=O)C2(C(N)=S)CC(C)C2)cc1. The molecule has 1 aromatic carbocycles. The second-order valence-corrected chi connectivity index (χ2v) is 6.46. The summed E-state index contributed by atoms with van der Waals surface area (Å²) in [4.78, 5) is 13.8. The van der Waals surface area contributed by atoms with E-state index in [0.29, 0.717) is 10.9 Å². The Morgan fingerprint density at radius 1 is 1.42 bits per heavy atom. The summed E-state index contributed by atoms with van der Waals surface area (Å²) in [5, 5.41) is 2.92. The maximum absolute atomic E-state index is 12.4. The quantitative estimate of drug-likeness (QED) is 0.662. The molecule has 3 N–H and O–H groups in total. The van der Waals surface area contributed by atoms with Crippen molar-refractivity contribution in [3.05, 3.63) is 24.3 Å². The molecule has 1 aliphatic rings. The molecular formula is C14H18N2OS2. The number of hydrogen-bond acceptors (Lipinski definition) is 3. The topological polar surface area (TPSA) is 55.1 Å². The van der Waals surface area contributed by atoms with Crippen molar-refractivity contribution >= 4 is 40.6 Å². The number of benzene rings is 1. The van der Waals surface area contributed by atoms with Crippen LogP contribution in [0.4, 0.5) is 5.69 Å². The first-order valence-corrected chi connectivity index (χ1v) is 7.86. The Hall–Kier alpha value is -1.07. The third-order valence-corrected chi connectivity index (χ3v) is 4.78. The van der Waals surface area contributed by atoms with Crippen molar-refractivity contribution in [1.29, 1.82) is 0 Å². The molecule has 2 rings (SSSR count). The van der Waals surface area contributed by atoms with Crippen LogP contribution >= 0.6 is 24.0 Å². The van der Waals surface area contributed by atoms with Crippen molar-refractivity contribution in [1.82, 2.24) is 0 Å². The highest BCUT2D eigenvalue weighted by Crippen LogP contribution is 2.46. The second-order valence-electron chi connectivity index (χ2n) is 5.14. The number of amides is 1. The molecule has 0 bridgehead atoms. The molecule has 0 spiro atoms. The fourth-order valence-corrected chi connectivity index (χ4v) is 3.22. The van der Waals surface area contributed by atoms with Gasteiger partial charge >= 0.3 is 0 Å². The lowest BCUT2D eigenvalue weighted by molar-refractivity contribution is -0.127. The minimum atomic E-state index is -0.646. The number of thioether (sulfide) groups is 1. The Morgan fingerprint density at radius 3 is 2.42 bits per heavy atom. The highest BCUT2D eigenvalue weighted by molar-refractivity contribution is 7.98. The van der Waals surface area contributed by atoms with Crippen LogP contribution in [0.5, 0.6) is 0 Å². The van der Waals surface area contributed by atoms with Crippen molar-refractivity contribution < 1.29 is 4.79 Å². The Morgan fingerprint density at radius 2 is 2.00 bits per heavy atom. The minimum Gasteiger partial charge on any atom is -0.392 e. The van der Waals surface area contributed by atoms with Gasteiger partial charge in [-0.25, -0.2) is 0 Å². The predicted octanol–water partition coefficient (Wildman–Crippen LogP) is 3.05. The summed E-state index contributed by atoms with van der Waals surface area (Å²) in [5.41, 5.74) is 5.91. The van der Waals surface area contributed by atoms with Crippen LogP contribution in [-0.2, 0) is 4.79 Å².